The third kappa shape index (κ3) is 7.34. The molecule has 0 aliphatic carbocycles. The fraction of sp³-hybridized carbons (Fsp3) is 0.923. The molecule has 0 saturated heterocycles. The molecule has 4 nitrogen and oxygen atoms in total. The molecule has 2 unspecified atom stereocenters. The first-order valence-electron chi connectivity index (χ1n) is 6.61. The van der Waals surface area contributed by atoms with Gasteiger partial charge in [-0.1, -0.05) is 27.2 Å². The van der Waals surface area contributed by atoms with Crippen LogP contribution < -0.4 is 0 Å². The molecule has 0 rings (SSSR count). The van der Waals surface area contributed by atoms with E-state index in [4.69, 9.17) is 9.84 Å². The zero-order valence-corrected chi connectivity index (χ0v) is 11.6. The van der Waals surface area contributed by atoms with Gasteiger partial charge in [-0.05, 0) is 25.8 Å². The van der Waals surface area contributed by atoms with Gasteiger partial charge in [0.25, 0.3) is 0 Å². The van der Waals surface area contributed by atoms with Gasteiger partial charge in [0.05, 0.1) is 0 Å². The maximum Gasteiger partial charge on any atom is 0.332 e. The topological polar surface area (TPSA) is 49.8 Å². The molecule has 17 heavy (non-hydrogen) atoms. The molecule has 0 fully saturated rings. The van der Waals surface area contributed by atoms with Crippen molar-refractivity contribution in [3.8, 4) is 0 Å². The summed E-state index contributed by atoms with van der Waals surface area (Å²) in [6.07, 6.45) is 1.06. The van der Waals surface area contributed by atoms with E-state index in [1.807, 2.05) is 6.92 Å². The lowest BCUT2D eigenvalue weighted by molar-refractivity contribution is -0.150. The number of nitrogens with zero attached hydrogens (tertiary/aromatic N) is 1. The van der Waals surface area contributed by atoms with Crippen LogP contribution in [0.25, 0.3) is 0 Å². The smallest absolute Gasteiger partial charge is 0.332 e. The Morgan fingerprint density at radius 3 is 2.41 bits per heavy atom. The monoisotopic (exact) mass is 245 g/mol. The van der Waals surface area contributed by atoms with Crippen LogP contribution in [0.5, 0.6) is 0 Å². The Balaban J connectivity index is 4.05. The largest absolute Gasteiger partial charge is 0.479 e. The van der Waals surface area contributed by atoms with E-state index in [0.29, 0.717) is 18.9 Å². The van der Waals surface area contributed by atoms with Crippen LogP contribution in [0.1, 0.15) is 40.5 Å². The van der Waals surface area contributed by atoms with E-state index in [1.54, 1.807) is 0 Å². The van der Waals surface area contributed by atoms with Gasteiger partial charge in [0, 0.05) is 19.7 Å². The molecule has 4 heteroatoms. The second kappa shape index (κ2) is 9.42. The number of aliphatic carboxylic acids is 1. The average Bonchev–Trinajstić information content (AvgIpc) is 2.31. The Kier molecular flexibility index (Phi) is 9.09. The molecule has 0 heterocycles. The Morgan fingerprint density at radius 1 is 1.35 bits per heavy atom. The summed E-state index contributed by atoms with van der Waals surface area (Å²) in [7, 11) is 0. The number of carbonyl (C=O) groups is 1. The summed E-state index contributed by atoms with van der Waals surface area (Å²) in [4.78, 5) is 13.2. The summed E-state index contributed by atoms with van der Waals surface area (Å²) in [6.45, 7) is 11.6. The molecule has 0 bridgehead atoms. The second-order valence-corrected chi connectivity index (χ2v) is 4.48. The predicted molar refractivity (Wildman–Crippen MR) is 69.2 cm³/mol. The van der Waals surface area contributed by atoms with Gasteiger partial charge in [-0.25, -0.2) is 4.79 Å². The summed E-state index contributed by atoms with van der Waals surface area (Å²) in [5.74, 6) is -0.197. The minimum absolute atomic E-state index is 0.453. The minimum Gasteiger partial charge on any atom is -0.479 e. The highest BCUT2D eigenvalue weighted by Crippen LogP contribution is 2.07. The van der Waals surface area contributed by atoms with Crippen molar-refractivity contribution in [3.63, 3.8) is 0 Å². The zero-order valence-electron chi connectivity index (χ0n) is 11.6. The number of ether oxygens (including phenoxy) is 1. The first kappa shape index (κ1) is 16.4. The molecule has 0 aliphatic heterocycles. The lowest BCUT2D eigenvalue weighted by Crippen LogP contribution is -2.34. The van der Waals surface area contributed by atoms with Gasteiger partial charge in [0.2, 0.25) is 0 Å². The van der Waals surface area contributed by atoms with Crippen LogP contribution in [0.4, 0.5) is 0 Å². The van der Waals surface area contributed by atoms with E-state index in [9.17, 15) is 4.79 Å². The van der Waals surface area contributed by atoms with E-state index < -0.39 is 12.1 Å². The second-order valence-electron chi connectivity index (χ2n) is 4.48. The molecule has 0 spiro atoms. The molecule has 2 atom stereocenters. The average molecular weight is 245 g/mol. The van der Waals surface area contributed by atoms with Crippen molar-refractivity contribution in [3.05, 3.63) is 0 Å². The molecule has 0 radical (unpaired) electrons. The normalized spacial score (nSPS) is 14.9. The highest BCUT2D eigenvalue weighted by Gasteiger charge is 2.18. The van der Waals surface area contributed by atoms with Crippen molar-refractivity contribution in [1.82, 2.24) is 4.90 Å². The Labute approximate surface area is 105 Å². The van der Waals surface area contributed by atoms with Crippen LogP contribution in [0.2, 0.25) is 0 Å². The molecule has 0 aromatic rings. The maximum absolute atomic E-state index is 10.9. The lowest BCUT2D eigenvalue weighted by atomic mass is 10.1. The van der Waals surface area contributed by atoms with Crippen LogP contribution >= 0.6 is 0 Å². The van der Waals surface area contributed by atoms with Gasteiger partial charge in [0.1, 0.15) is 0 Å². The Bertz CT molecular complexity index is 209. The molecule has 0 amide bonds. The van der Waals surface area contributed by atoms with Gasteiger partial charge < -0.3 is 14.7 Å². The molecule has 0 aromatic carbocycles. The van der Waals surface area contributed by atoms with E-state index in [2.05, 4.69) is 25.7 Å². The van der Waals surface area contributed by atoms with Gasteiger partial charge >= 0.3 is 5.97 Å². The van der Waals surface area contributed by atoms with Crippen LogP contribution in [-0.4, -0.2) is 48.3 Å². The van der Waals surface area contributed by atoms with E-state index in [0.717, 1.165) is 26.1 Å². The number of carboxylic acids is 1. The molecular formula is C13H27NO3. The lowest BCUT2D eigenvalue weighted by Gasteiger charge is -2.25. The Hall–Kier alpha value is -0.610. The number of carboxylic acid groups (broad SMARTS) is 1. The number of hydrogen-bond donors (Lipinski definition) is 1. The van der Waals surface area contributed by atoms with Gasteiger partial charge in [-0.15, -0.1) is 0 Å². The van der Waals surface area contributed by atoms with Crippen LogP contribution in [0.3, 0.4) is 0 Å². The van der Waals surface area contributed by atoms with Crippen molar-refractivity contribution < 1.29 is 14.6 Å². The third-order valence-electron chi connectivity index (χ3n) is 3.06. The zero-order chi connectivity index (χ0) is 13.3. The fourth-order valence-electron chi connectivity index (χ4n) is 1.73. The third-order valence-corrected chi connectivity index (χ3v) is 3.06. The highest BCUT2D eigenvalue weighted by atomic mass is 16.5. The van der Waals surface area contributed by atoms with Gasteiger partial charge in [-0.3, -0.25) is 0 Å². The SMILES string of the molecule is CCOC(CCN(CC)CC(C)CC)C(=O)O. The highest BCUT2D eigenvalue weighted by molar-refractivity contribution is 5.72. The van der Waals surface area contributed by atoms with Crippen molar-refractivity contribution in [1.29, 1.82) is 0 Å². The number of rotatable bonds is 10. The molecule has 0 aromatic heterocycles. The first-order chi connectivity index (χ1) is 8.04. The Morgan fingerprint density at radius 2 is 2.00 bits per heavy atom. The summed E-state index contributed by atoms with van der Waals surface area (Å²) in [6, 6.07) is 0. The van der Waals surface area contributed by atoms with Crippen molar-refractivity contribution in [2.75, 3.05) is 26.2 Å². The van der Waals surface area contributed by atoms with Crippen molar-refractivity contribution in [2.24, 2.45) is 5.92 Å². The van der Waals surface area contributed by atoms with Crippen LogP contribution in [0.15, 0.2) is 0 Å². The van der Waals surface area contributed by atoms with Gasteiger partial charge in [-0.2, -0.15) is 0 Å². The first-order valence-corrected chi connectivity index (χ1v) is 6.61. The molecule has 0 saturated carbocycles. The van der Waals surface area contributed by atoms with Crippen LogP contribution in [0, 0.1) is 5.92 Å². The molecule has 1 N–H and O–H groups in total. The molecule has 0 aliphatic rings. The van der Waals surface area contributed by atoms with E-state index in [-0.39, 0.29) is 0 Å². The fourth-order valence-corrected chi connectivity index (χ4v) is 1.73. The molecular weight excluding hydrogens is 218 g/mol. The standard InChI is InChI=1S/C13H27NO3/c1-5-11(4)10-14(6-2)9-8-12(13(15)16)17-7-3/h11-12H,5-10H2,1-4H3,(H,15,16). The summed E-state index contributed by atoms with van der Waals surface area (Å²) in [5.41, 5.74) is 0. The summed E-state index contributed by atoms with van der Waals surface area (Å²) >= 11 is 0. The number of hydrogen-bond acceptors (Lipinski definition) is 3. The minimum atomic E-state index is -0.855. The molecule has 102 valence electrons. The van der Waals surface area contributed by atoms with Crippen molar-refractivity contribution >= 4 is 5.97 Å². The quantitative estimate of drug-likeness (QED) is 0.641. The van der Waals surface area contributed by atoms with E-state index >= 15 is 0 Å². The maximum atomic E-state index is 10.9. The van der Waals surface area contributed by atoms with E-state index in [1.165, 1.54) is 0 Å². The summed E-state index contributed by atoms with van der Waals surface area (Å²) < 4.78 is 5.20. The predicted octanol–water partition coefficient (Wildman–Crippen LogP) is 2.23. The summed E-state index contributed by atoms with van der Waals surface area (Å²) in [5, 5.41) is 8.97. The van der Waals surface area contributed by atoms with Crippen molar-refractivity contribution in [2.45, 2.75) is 46.6 Å². The van der Waals surface area contributed by atoms with Gasteiger partial charge in [0.15, 0.2) is 6.10 Å². The van der Waals surface area contributed by atoms with Crippen LogP contribution in [-0.2, 0) is 9.53 Å².